The van der Waals surface area contributed by atoms with Crippen LogP contribution in [0, 0.1) is 0 Å². The third-order valence-electron chi connectivity index (χ3n) is 8.21. The number of rotatable bonds is 30. The summed E-state index contributed by atoms with van der Waals surface area (Å²) in [5.41, 5.74) is 0. The van der Waals surface area contributed by atoms with Gasteiger partial charge in [-0.2, -0.15) is 0 Å². The van der Waals surface area contributed by atoms with E-state index in [1.54, 1.807) is 0 Å². The molecular formula is C33H65N5O8. The largest absolute Gasteiger partial charge is 0.469 e. The van der Waals surface area contributed by atoms with Gasteiger partial charge in [0.2, 0.25) is 0 Å². The molecular weight excluding hydrogens is 594 g/mol. The van der Waals surface area contributed by atoms with Crippen molar-refractivity contribution < 1.29 is 38.1 Å². The Morgan fingerprint density at radius 3 is 0.957 bits per heavy atom. The highest BCUT2D eigenvalue weighted by atomic mass is 16.5. The summed E-state index contributed by atoms with van der Waals surface area (Å²) in [4.78, 5) is 57.7. The molecule has 0 fully saturated rings. The molecule has 46 heavy (non-hydrogen) atoms. The van der Waals surface area contributed by atoms with Gasteiger partial charge in [-0.05, 0) is 59.9 Å². The fraction of sp³-hybridized carbons (Fsp3) is 0.879. The van der Waals surface area contributed by atoms with Gasteiger partial charge < -0.3 is 38.5 Å². The molecule has 0 saturated carbocycles. The van der Waals surface area contributed by atoms with Gasteiger partial charge in [0.15, 0.2) is 0 Å². The first kappa shape index (κ1) is 43.7. The van der Waals surface area contributed by atoms with E-state index in [2.05, 4.69) is 45.6 Å². The Bertz CT molecular complexity index is 763. The minimum Gasteiger partial charge on any atom is -0.469 e. The second kappa shape index (κ2) is 28.9. The highest BCUT2D eigenvalue weighted by molar-refractivity contribution is 5.70. The van der Waals surface area contributed by atoms with Crippen LogP contribution in [0.3, 0.4) is 0 Å². The number of hydrogen-bond donors (Lipinski definition) is 0. The van der Waals surface area contributed by atoms with Crippen molar-refractivity contribution in [1.82, 2.24) is 24.5 Å². The quantitative estimate of drug-likeness (QED) is 0.0636. The lowest BCUT2D eigenvalue weighted by Crippen LogP contribution is -2.43. The minimum absolute atomic E-state index is 0.143. The lowest BCUT2D eigenvalue weighted by Gasteiger charge is -2.30. The average Bonchev–Trinajstić information content (AvgIpc) is 3.06. The van der Waals surface area contributed by atoms with Gasteiger partial charge in [0.1, 0.15) is 0 Å². The van der Waals surface area contributed by atoms with E-state index in [0.29, 0.717) is 25.9 Å². The maximum atomic E-state index is 11.7. The van der Waals surface area contributed by atoms with Crippen molar-refractivity contribution in [2.45, 2.75) is 64.2 Å². The topological polar surface area (TPSA) is 121 Å². The predicted molar refractivity (Wildman–Crippen MR) is 180 cm³/mol. The molecule has 0 radical (unpaired) electrons. The van der Waals surface area contributed by atoms with Crippen LogP contribution < -0.4 is 0 Å². The lowest BCUT2D eigenvalue weighted by molar-refractivity contribution is -0.142. The number of ether oxygens (including phenoxy) is 4. The molecule has 0 amide bonds. The van der Waals surface area contributed by atoms with Crippen LogP contribution in [-0.2, 0) is 38.1 Å². The number of hydrogen-bond acceptors (Lipinski definition) is 13. The Hall–Kier alpha value is -2.32. The zero-order valence-corrected chi connectivity index (χ0v) is 30.1. The maximum Gasteiger partial charge on any atom is 0.306 e. The van der Waals surface area contributed by atoms with Crippen LogP contribution >= 0.6 is 0 Å². The van der Waals surface area contributed by atoms with Gasteiger partial charge in [-0.15, -0.1) is 0 Å². The van der Waals surface area contributed by atoms with Crippen LogP contribution in [0.1, 0.15) is 64.2 Å². The molecule has 13 heteroatoms. The molecule has 0 bridgehead atoms. The maximum absolute atomic E-state index is 11.7. The summed E-state index contributed by atoms with van der Waals surface area (Å²) in [6.07, 6.45) is 7.37. The number of unbranched alkanes of at least 4 members (excludes halogenated alkanes) is 4. The molecule has 0 atom stereocenters. The summed E-state index contributed by atoms with van der Waals surface area (Å²) in [6.45, 7) is 10.3. The van der Waals surface area contributed by atoms with E-state index in [1.165, 1.54) is 28.4 Å². The van der Waals surface area contributed by atoms with Gasteiger partial charge in [-0.25, -0.2) is 0 Å². The molecule has 0 aromatic heterocycles. The van der Waals surface area contributed by atoms with E-state index in [4.69, 9.17) is 18.9 Å². The predicted octanol–water partition coefficient (Wildman–Crippen LogP) is 1.98. The summed E-state index contributed by atoms with van der Waals surface area (Å²) >= 11 is 0. The zero-order chi connectivity index (χ0) is 34.6. The van der Waals surface area contributed by atoms with E-state index < -0.39 is 0 Å². The number of carbonyl (C=O) groups is 4. The third-order valence-corrected chi connectivity index (χ3v) is 8.21. The van der Waals surface area contributed by atoms with Crippen molar-refractivity contribution in [2.75, 3.05) is 128 Å². The highest BCUT2D eigenvalue weighted by Crippen LogP contribution is 2.05. The van der Waals surface area contributed by atoms with E-state index >= 15 is 0 Å². The fourth-order valence-corrected chi connectivity index (χ4v) is 4.82. The Morgan fingerprint density at radius 1 is 0.348 bits per heavy atom. The Balaban J connectivity index is 4.86. The van der Waals surface area contributed by atoms with Gasteiger partial charge in [0.25, 0.3) is 0 Å². The molecule has 0 N–H and O–H groups in total. The van der Waals surface area contributed by atoms with Crippen molar-refractivity contribution in [3.05, 3.63) is 0 Å². The van der Waals surface area contributed by atoms with Gasteiger partial charge in [0, 0.05) is 78.3 Å². The summed E-state index contributed by atoms with van der Waals surface area (Å²) in [5, 5.41) is 0. The van der Waals surface area contributed by atoms with Gasteiger partial charge in [-0.1, -0.05) is 12.8 Å². The van der Waals surface area contributed by atoms with Crippen molar-refractivity contribution in [1.29, 1.82) is 0 Å². The minimum atomic E-state index is -0.260. The number of carbonyl (C=O) groups excluding carboxylic acids is 4. The summed E-state index contributed by atoms with van der Waals surface area (Å²) in [5.74, 6) is -0.806. The Kier molecular flexibility index (Phi) is 27.4. The van der Waals surface area contributed by atoms with Gasteiger partial charge in [0.05, 0.1) is 41.3 Å². The van der Waals surface area contributed by atoms with Crippen LogP contribution in [0.2, 0.25) is 0 Å². The van der Waals surface area contributed by atoms with Crippen molar-refractivity contribution >= 4 is 23.9 Å². The molecule has 0 spiro atoms. The van der Waals surface area contributed by atoms with Crippen LogP contribution in [0.15, 0.2) is 0 Å². The van der Waals surface area contributed by atoms with E-state index in [-0.39, 0.29) is 36.7 Å². The lowest BCUT2D eigenvalue weighted by atomic mass is 10.2. The highest BCUT2D eigenvalue weighted by Gasteiger charge is 2.14. The van der Waals surface area contributed by atoms with Crippen LogP contribution in [0.4, 0.5) is 0 Å². The van der Waals surface area contributed by atoms with Crippen LogP contribution in [-0.4, -0.2) is 176 Å². The number of likely N-dealkylation sites (N-methyl/N-ethyl adjacent to an activating group) is 3. The number of nitrogens with zero attached hydrogens (tertiary/aromatic N) is 5. The Labute approximate surface area is 278 Å². The first-order valence-electron chi connectivity index (χ1n) is 16.8. The SMILES string of the molecule is COC(=O)CCCCCN(C)CCN(CCN(C)CCCCCC(=O)OC)CCN(C)CCN(CCC(=O)OC)CCC(=O)OC. The molecule has 0 unspecified atom stereocenters. The van der Waals surface area contributed by atoms with Crippen molar-refractivity contribution in [3.63, 3.8) is 0 Å². The normalized spacial score (nSPS) is 11.6. The molecule has 0 saturated heterocycles. The zero-order valence-electron chi connectivity index (χ0n) is 30.1. The molecule has 0 aromatic rings. The molecule has 270 valence electrons. The first-order chi connectivity index (χ1) is 22.0. The third kappa shape index (κ3) is 25.8. The average molecular weight is 660 g/mol. The van der Waals surface area contributed by atoms with Gasteiger partial charge in [-0.3, -0.25) is 24.1 Å². The molecule has 0 aromatic carbocycles. The number of methoxy groups -OCH3 is 4. The van der Waals surface area contributed by atoms with E-state index in [9.17, 15) is 19.2 Å². The molecule has 0 heterocycles. The summed E-state index contributed by atoms with van der Waals surface area (Å²) in [6, 6.07) is 0. The second-order valence-corrected chi connectivity index (χ2v) is 12.0. The second-order valence-electron chi connectivity index (χ2n) is 12.0. The standard InChI is InChI=1S/C33H65N5O8/c1-34(18-12-8-10-14-30(39)43-4)22-27-38(28-23-35(2)19-13-9-11-15-31(40)44-5)29-25-36(3)24-26-37(20-16-32(41)45-6)21-17-33(42)46-7/h8-29H2,1-7H3. The molecule has 13 nitrogen and oxygen atoms in total. The Morgan fingerprint density at radius 2 is 0.630 bits per heavy atom. The first-order valence-corrected chi connectivity index (χ1v) is 16.8. The number of esters is 4. The summed E-state index contributed by atoms with van der Waals surface area (Å²) in [7, 11) is 12.1. The van der Waals surface area contributed by atoms with Crippen molar-refractivity contribution in [3.8, 4) is 0 Å². The van der Waals surface area contributed by atoms with Crippen molar-refractivity contribution in [2.24, 2.45) is 0 Å². The molecule has 0 aliphatic rings. The fourth-order valence-electron chi connectivity index (χ4n) is 4.82. The molecule has 0 aliphatic heterocycles. The smallest absolute Gasteiger partial charge is 0.306 e. The van der Waals surface area contributed by atoms with E-state index in [0.717, 1.165) is 104 Å². The molecule has 0 rings (SSSR count). The van der Waals surface area contributed by atoms with E-state index in [1.807, 2.05) is 0 Å². The monoisotopic (exact) mass is 659 g/mol. The van der Waals surface area contributed by atoms with Gasteiger partial charge >= 0.3 is 23.9 Å². The summed E-state index contributed by atoms with van der Waals surface area (Å²) < 4.78 is 19.0. The van der Waals surface area contributed by atoms with Crippen LogP contribution in [0.25, 0.3) is 0 Å². The molecule has 0 aliphatic carbocycles. The van der Waals surface area contributed by atoms with Crippen LogP contribution in [0.5, 0.6) is 0 Å².